The predicted molar refractivity (Wildman–Crippen MR) is 65.8 cm³/mol. The molecule has 96 valence electrons. The monoisotopic (exact) mass is 239 g/mol. The molecular formula is C12H21N3O2. The molecule has 0 bridgehead atoms. The molecule has 0 radical (unpaired) electrons. The van der Waals surface area contributed by atoms with E-state index in [0.29, 0.717) is 6.42 Å². The van der Waals surface area contributed by atoms with Crippen molar-refractivity contribution in [3.8, 4) is 0 Å². The van der Waals surface area contributed by atoms with E-state index in [2.05, 4.69) is 4.98 Å². The van der Waals surface area contributed by atoms with Crippen LogP contribution in [-0.2, 0) is 11.2 Å². The summed E-state index contributed by atoms with van der Waals surface area (Å²) in [5, 5.41) is 0. The van der Waals surface area contributed by atoms with Crippen molar-refractivity contribution in [2.45, 2.75) is 52.2 Å². The van der Waals surface area contributed by atoms with E-state index in [-0.39, 0.29) is 5.54 Å². The third-order valence-corrected chi connectivity index (χ3v) is 1.88. The molecule has 0 saturated heterocycles. The number of rotatable bonds is 2. The zero-order valence-electron chi connectivity index (χ0n) is 11.2. The maximum absolute atomic E-state index is 11.7. The average Bonchev–Trinajstić information content (AvgIpc) is 2.45. The number of ether oxygens (including phenoxy) is 1. The zero-order valence-corrected chi connectivity index (χ0v) is 11.2. The smallest absolute Gasteiger partial charge is 0.419 e. The van der Waals surface area contributed by atoms with Gasteiger partial charge in [0.1, 0.15) is 11.9 Å². The Labute approximate surface area is 102 Å². The second-order valence-electron chi connectivity index (χ2n) is 5.92. The molecule has 2 N–H and O–H groups in total. The average molecular weight is 239 g/mol. The summed E-state index contributed by atoms with van der Waals surface area (Å²) in [6, 6.07) is 0. The maximum atomic E-state index is 11.7. The molecule has 0 unspecified atom stereocenters. The zero-order chi connectivity index (χ0) is 13.3. The third-order valence-electron chi connectivity index (χ3n) is 1.88. The largest absolute Gasteiger partial charge is 0.443 e. The summed E-state index contributed by atoms with van der Waals surface area (Å²) >= 11 is 0. The van der Waals surface area contributed by atoms with Gasteiger partial charge in [-0.05, 0) is 34.6 Å². The minimum Gasteiger partial charge on any atom is -0.443 e. The fourth-order valence-corrected chi connectivity index (χ4v) is 1.34. The number of hydrogen-bond acceptors (Lipinski definition) is 4. The number of hydrogen-bond donors (Lipinski definition) is 1. The van der Waals surface area contributed by atoms with Gasteiger partial charge in [-0.3, -0.25) is 0 Å². The Hall–Kier alpha value is -1.36. The molecule has 0 aromatic carbocycles. The van der Waals surface area contributed by atoms with Gasteiger partial charge in [0, 0.05) is 18.2 Å². The molecule has 0 aliphatic carbocycles. The van der Waals surface area contributed by atoms with E-state index in [1.54, 1.807) is 6.20 Å². The first-order chi connectivity index (χ1) is 7.57. The van der Waals surface area contributed by atoms with Gasteiger partial charge in [-0.25, -0.2) is 14.3 Å². The minimum atomic E-state index is -0.505. The molecule has 1 heterocycles. The van der Waals surface area contributed by atoms with Crippen molar-refractivity contribution in [2.24, 2.45) is 5.73 Å². The summed E-state index contributed by atoms with van der Waals surface area (Å²) in [4.78, 5) is 15.8. The van der Waals surface area contributed by atoms with E-state index in [0.717, 1.165) is 5.69 Å². The maximum Gasteiger partial charge on any atom is 0.419 e. The van der Waals surface area contributed by atoms with Crippen LogP contribution in [0.4, 0.5) is 4.79 Å². The molecule has 1 rings (SSSR count). The van der Waals surface area contributed by atoms with Gasteiger partial charge in [0.25, 0.3) is 0 Å². The quantitative estimate of drug-likeness (QED) is 0.856. The van der Waals surface area contributed by atoms with Gasteiger partial charge >= 0.3 is 6.09 Å². The predicted octanol–water partition coefficient (Wildman–Crippen LogP) is 1.95. The summed E-state index contributed by atoms with van der Waals surface area (Å²) in [5.41, 5.74) is 5.82. The van der Waals surface area contributed by atoms with Gasteiger partial charge in [-0.15, -0.1) is 0 Å². The summed E-state index contributed by atoms with van der Waals surface area (Å²) in [5.74, 6) is 0. The van der Waals surface area contributed by atoms with Crippen molar-refractivity contribution in [3.63, 3.8) is 0 Å². The molecule has 0 aliphatic rings. The number of carbonyl (C=O) groups excluding carboxylic acids is 1. The molecule has 17 heavy (non-hydrogen) atoms. The molecule has 0 saturated carbocycles. The normalized spacial score (nSPS) is 12.6. The minimum absolute atomic E-state index is 0.340. The van der Waals surface area contributed by atoms with Gasteiger partial charge < -0.3 is 10.5 Å². The number of aromatic nitrogens is 2. The first-order valence-corrected chi connectivity index (χ1v) is 5.62. The highest BCUT2D eigenvalue weighted by Crippen LogP contribution is 2.11. The van der Waals surface area contributed by atoms with E-state index in [1.807, 2.05) is 34.6 Å². The van der Waals surface area contributed by atoms with Crippen molar-refractivity contribution >= 4 is 6.09 Å². The SMILES string of the molecule is CC(C)(N)Cc1cn(C(=O)OC(C)(C)C)cn1. The van der Waals surface area contributed by atoms with Crippen molar-refractivity contribution < 1.29 is 9.53 Å². The van der Waals surface area contributed by atoms with Crippen LogP contribution in [0.2, 0.25) is 0 Å². The van der Waals surface area contributed by atoms with Crippen molar-refractivity contribution in [1.82, 2.24) is 9.55 Å². The van der Waals surface area contributed by atoms with Gasteiger partial charge in [0.05, 0.1) is 5.69 Å². The highest BCUT2D eigenvalue weighted by atomic mass is 16.6. The molecule has 5 heteroatoms. The number of nitrogens with two attached hydrogens (primary N) is 1. The summed E-state index contributed by atoms with van der Waals surface area (Å²) in [6.45, 7) is 9.31. The van der Waals surface area contributed by atoms with Crippen LogP contribution in [0, 0.1) is 0 Å². The van der Waals surface area contributed by atoms with Gasteiger partial charge in [0.2, 0.25) is 0 Å². The molecule has 0 aliphatic heterocycles. The lowest BCUT2D eigenvalue weighted by Crippen LogP contribution is -2.34. The van der Waals surface area contributed by atoms with Crippen LogP contribution in [0.15, 0.2) is 12.5 Å². The Bertz CT molecular complexity index is 397. The third kappa shape index (κ3) is 4.99. The van der Waals surface area contributed by atoms with Crippen molar-refractivity contribution in [3.05, 3.63) is 18.2 Å². The standard InChI is InChI=1S/C12H21N3O2/c1-11(2,3)17-10(16)15-7-9(14-8-15)6-12(4,5)13/h7-8H,6,13H2,1-5H3. The number of nitrogens with zero attached hydrogens (tertiary/aromatic N) is 2. The lowest BCUT2D eigenvalue weighted by Gasteiger charge is -2.19. The van der Waals surface area contributed by atoms with E-state index in [1.165, 1.54) is 10.9 Å². The van der Waals surface area contributed by atoms with Gasteiger partial charge in [-0.1, -0.05) is 0 Å². The Balaban J connectivity index is 2.72. The summed E-state index contributed by atoms with van der Waals surface area (Å²) in [6.07, 6.45) is 3.30. The molecule has 1 aromatic heterocycles. The highest BCUT2D eigenvalue weighted by Gasteiger charge is 2.19. The van der Waals surface area contributed by atoms with E-state index in [9.17, 15) is 4.79 Å². The highest BCUT2D eigenvalue weighted by molar-refractivity contribution is 5.70. The van der Waals surface area contributed by atoms with E-state index in [4.69, 9.17) is 10.5 Å². The molecule has 0 fully saturated rings. The Morgan fingerprint density at radius 1 is 1.41 bits per heavy atom. The van der Waals surface area contributed by atoms with E-state index >= 15 is 0 Å². The molecule has 0 atom stereocenters. The second kappa shape index (κ2) is 4.49. The van der Waals surface area contributed by atoms with Crippen molar-refractivity contribution in [2.75, 3.05) is 0 Å². The topological polar surface area (TPSA) is 70.1 Å². The molecule has 0 amide bonds. The van der Waals surface area contributed by atoms with Crippen LogP contribution in [0.25, 0.3) is 0 Å². The van der Waals surface area contributed by atoms with Crippen molar-refractivity contribution in [1.29, 1.82) is 0 Å². The van der Waals surface area contributed by atoms with Gasteiger partial charge in [0.15, 0.2) is 0 Å². The van der Waals surface area contributed by atoms with Crippen LogP contribution >= 0.6 is 0 Å². The first kappa shape index (κ1) is 13.7. The Morgan fingerprint density at radius 3 is 2.47 bits per heavy atom. The Kier molecular flexibility index (Phi) is 3.62. The van der Waals surface area contributed by atoms with Crippen LogP contribution < -0.4 is 5.73 Å². The Morgan fingerprint density at radius 2 is 2.00 bits per heavy atom. The van der Waals surface area contributed by atoms with Crippen LogP contribution in [0.3, 0.4) is 0 Å². The van der Waals surface area contributed by atoms with Crippen LogP contribution in [-0.4, -0.2) is 26.8 Å². The second-order valence-corrected chi connectivity index (χ2v) is 5.92. The number of imidazole rings is 1. The lowest BCUT2D eigenvalue weighted by atomic mass is 10.0. The lowest BCUT2D eigenvalue weighted by molar-refractivity contribution is 0.0536. The number of carbonyl (C=O) groups is 1. The fourth-order valence-electron chi connectivity index (χ4n) is 1.34. The van der Waals surface area contributed by atoms with Crippen LogP contribution in [0.5, 0.6) is 0 Å². The van der Waals surface area contributed by atoms with E-state index < -0.39 is 11.7 Å². The molecule has 0 spiro atoms. The molecular weight excluding hydrogens is 218 g/mol. The molecule has 5 nitrogen and oxygen atoms in total. The fraction of sp³-hybridized carbons (Fsp3) is 0.667. The van der Waals surface area contributed by atoms with Gasteiger partial charge in [-0.2, -0.15) is 0 Å². The van der Waals surface area contributed by atoms with Crippen LogP contribution in [0.1, 0.15) is 40.3 Å². The molecule has 1 aromatic rings. The summed E-state index contributed by atoms with van der Waals surface area (Å²) in [7, 11) is 0. The first-order valence-electron chi connectivity index (χ1n) is 5.62. The summed E-state index contributed by atoms with van der Waals surface area (Å²) < 4.78 is 6.56.